The largest absolute Gasteiger partial charge is 0.397 e. The van der Waals surface area contributed by atoms with Crippen LogP contribution in [0.15, 0.2) is 0 Å². The van der Waals surface area contributed by atoms with Gasteiger partial charge in [-0.15, -0.1) is 0 Å². The smallest absolute Gasteiger partial charge is 0.347 e. The minimum atomic E-state index is -2.26. The van der Waals surface area contributed by atoms with Gasteiger partial charge in [-0.1, -0.05) is 60.8 Å². The molecule has 0 N–H and O–H groups in total. The van der Waals surface area contributed by atoms with Crippen LogP contribution in [0.25, 0.3) is 0 Å². The van der Waals surface area contributed by atoms with Crippen LogP contribution in [-0.4, -0.2) is 22.8 Å². The van der Waals surface area contributed by atoms with Gasteiger partial charge in [0, 0.05) is 24.8 Å². The van der Waals surface area contributed by atoms with Crippen LogP contribution in [0.2, 0.25) is 10.6 Å². The van der Waals surface area contributed by atoms with Crippen LogP contribution < -0.4 is 0 Å². The van der Waals surface area contributed by atoms with Crippen LogP contribution in [0.3, 0.4) is 0 Å². The van der Waals surface area contributed by atoms with Crippen molar-refractivity contribution in [1.82, 2.24) is 0 Å². The molecule has 120 valence electrons. The average molecular weight is 301 g/mol. The molecular weight excluding hydrogens is 264 g/mol. The molecule has 2 nitrogen and oxygen atoms in total. The Bertz CT molecular complexity index is 297. The van der Waals surface area contributed by atoms with Crippen LogP contribution >= 0.6 is 0 Å². The van der Waals surface area contributed by atoms with Gasteiger partial charge in [0.05, 0.1) is 0 Å². The van der Waals surface area contributed by atoms with Crippen molar-refractivity contribution >= 4 is 8.56 Å². The molecule has 0 aliphatic heterocycles. The van der Waals surface area contributed by atoms with Crippen molar-refractivity contribution in [1.29, 1.82) is 0 Å². The van der Waals surface area contributed by atoms with Gasteiger partial charge < -0.3 is 8.85 Å². The van der Waals surface area contributed by atoms with Crippen molar-refractivity contribution in [2.75, 3.05) is 14.2 Å². The normalized spacial score (nSPS) is 26.9. The minimum absolute atomic E-state index is 0.126. The molecule has 1 aliphatic rings. The lowest BCUT2D eigenvalue weighted by Gasteiger charge is -2.52. The summed E-state index contributed by atoms with van der Waals surface area (Å²) in [6.07, 6.45) is 5.32. The first-order valence-electron chi connectivity index (χ1n) is 8.34. The molecule has 1 fully saturated rings. The fraction of sp³-hybridized carbons (Fsp3) is 1.00. The maximum Gasteiger partial charge on any atom is 0.347 e. The Labute approximate surface area is 127 Å². The van der Waals surface area contributed by atoms with Crippen molar-refractivity contribution in [3.63, 3.8) is 0 Å². The van der Waals surface area contributed by atoms with Crippen molar-refractivity contribution < 1.29 is 8.85 Å². The van der Waals surface area contributed by atoms with E-state index in [4.69, 9.17) is 8.85 Å². The highest BCUT2D eigenvalue weighted by Gasteiger charge is 2.60. The Morgan fingerprint density at radius 1 is 1.00 bits per heavy atom. The Hall–Kier alpha value is 0.137. The summed E-state index contributed by atoms with van der Waals surface area (Å²) in [5, 5.41) is 0.126. The fourth-order valence-electron chi connectivity index (χ4n) is 4.42. The zero-order valence-corrected chi connectivity index (χ0v) is 16.0. The fourth-order valence-corrected chi connectivity index (χ4v) is 9.67. The molecule has 3 heteroatoms. The third kappa shape index (κ3) is 3.00. The molecule has 0 saturated heterocycles. The standard InChI is InChI=1S/C17H36O2Si/c1-13(2)15(4)17(5,6)20(18-7,19-8)16-12-10-9-11-14(16)3/h13-16H,9-12H2,1-8H3. The molecule has 0 radical (unpaired) electrons. The lowest BCUT2D eigenvalue weighted by atomic mass is 9.86. The molecule has 0 spiro atoms. The Kier molecular flexibility index (Phi) is 6.30. The zero-order chi connectivity index (χ0) is 15.6. The van der Waals surface area contributed by atoms with Gasteiger partial charge in [-0.3, -0.25) is 0 Å². The molecule has 3 atom stereocenters. The second-order valence-corrected chi connectivity index (χ2v) is 11.9. The van der Waals surface area contributed by atoms with Gasteiger partial charge in [0.2, 0.25) is 0 Å². The van der Waals surface area contributed by atoms with Crippen molar-refractivity contribution in [2.24, 2.45) is 17.8 Å². The van der Waals surface area contributed by atoms with Gasteiger partial charge >= 0.3 is 8.56 Å². The van der Waals surface area contributed by atoms with Crippen LogP contribution in [-0.2, 0) is 8.85 Å². The average Bonchev–Trinajstić information content (AvgIpc) is 2.41. The molecular formula is C17H36O2Si. The van der Waals surface area contributed by atoms with Crippen LogP contribution in [0.1, 0.15) is 67.2 Å². The quantitative estimate of drug-likeness (QED) is 0.614. The van der Waals surface area contributed by atoms with Crippen molar-refractivity contribution in [3.8, 4) is 0 Å². The molecule has 0 aromatic heterocycles. The maximum absolute atomic E-state index is 6.25. The third-order valence-corrected chi connectivity index (χ3v) is 11.5. The van der Waals surface area contributed by atoms with E-state index < -0.39 is 8.56 Å². The number of hydrogen-bond acceptors (Lipinski definition) is 2. The summed E-state index contributed by atoms with van der Waals surface area (Å²) in [5.41, 5.74) is 0.627. The van der Waals surface area contributed by atoms with Crippen LogP contribution in [0.4, 0.5) is 0 Å². The van der Waals surface area contributed by atoms with E-state index >= 15 is 0 Å². The lowest BCUT2D eigenvalue weighted by molar-refractivity contribution is 0.142. The van der Waals surface area contributed by atoms with E-state index in [0.29, 0.717) is 17.4 Å². The molecule has 0 aromatic rings. The molecule has 3 unspecified atom stereocenters. The molecule has 1 aliphatic carbocycles. The predicted octanol–water partition coefficient (Wildman–Crippen LogP) is 5.37. The van der Waals surface area contributed by atoms with E-state index in [1.54, 1.807) is 0 Å². The summed E-state index contributed by atoms with van der Waals surface area (Å²) < 4.78 is 12.5. The summed E-state index contributed by atoms with van der Waals surface area (Å²) in [6.45, 7) is 14.2. The molecule has 0 heterocycles. The first-order valence-corrected chi connectivity index (χ1v) is 10.2. The first-order chi connectivity index (χ1) is 9.24. The highest BCUT2D eigenvalue weighted by molar-refractivity contribution is 6.72. The SMILES string of the molecule is CO[Si](OC)(C1CCCCC1C)C(C)(C)C(C)C(C)C. The van der Waals surface area contributed by atoms with Gasteiger partial charge in [-0.25, -0.2) is 0 Å². The molecule has 0 bridgehead atoms. The van der Waals surface area contributed by atoms with E-state index in [0.717, 1.165) is 5.92 Å². The summed E-state index contributed by atoms with van der Waals surface area (Å²) in [5.74, 6) is 1.98. The lowest BCUT2D eigenvalue weighted by Crippen LogP contribution is -2.58. The molecule has 0 aromatic carbocycles. The number of rotatable bonds is 6. The summed E-state index contributed by atoms with van der Waals surface area (Å²) in [4.78, 5) is 0. The van der Waals surface area contributed by atoms with Gasteiger partial charge in [0.15, 0.2) is 0 Å². The molecule has 20 heavy (non-hydrogen) atoms. The van der Waals surface area contributed by atoms with E-state index in [2.05, 4.69) is 41.5 Å². The predicted molar refractivity (Wildman–Crippen MR) is 89.2 cm³/mol. The van der Waals surface area contributed by atoms with Crippen molar-refractivity contribution in [3.05, 3.63) is 0 Å². The van der Waals surface area contributed by atoms with Crippen molar-refractivity contribution in [2.45, 2.75) is 77.8 Å². The van der Waals surface area contributed by atoms with Gasteiger partial charge in [-0.05, 0) is 24.2 Å². The minimum Gasteiger partial charge on any atom is -0.397 e. The molecule has 1 saturated carbocycles. The van der Waals surface area contributed by atoms with Gasteiger partial charge in [0.1, 0.15) is 0 Å². The van der Waals surface area contributed by atoms with E-state index in [-0.39, 0.29) is 5.04 Å². The van der Waals surface area contributed by atoms with Gasteiger partial charge in [-0.2, -0.15) is 0 Å². The summed E-state index contributed by atoms with van der Waals surface area (Å²) >= 11 is 0. The van der Waals surface area contributed by atoms with Gasteiger partial charge in [0.25, 0.3) is 0 Å². The Morgan fingerprint density at radius 2 is 1.50 bits per heavy atom. The monoisotopic (exact) mass is 300 g/mol. The Morgan fingerprint density at radius 3 is 1.90 bits per heavy atom. The topological polar surface area (TPSA) is 18.5 Å². The number of hydrogen-bond donors (Lipinski definition) is 0. The summed E-state index contributed by atoms with van der Waals surface area (Å²) in [7, 11) is 1.53. The second-order valence-electron chi connectivity index (χ2n) is 7.70. The highest BCUT2D eigenvalue weighted by Crippen LogP contribution is 2.57. The summed E-state index contributed by atoms with van der Waals surface area (Å²) in [6, 6.07) is 0. The second kappa shape index (κ2) is 6.93. The van der Waals surface area contributed by atoms with Crippen LogP contribution in [0.5, 0.6) is 0 Å². The Balaban J connectivity index is 3.18. The van der Waals surface area contributed by atoms with E-state index in [1.165, 1.54) is 25.7 Å². The first kappa shape index (κ1) is 18.2. The molecule has 0 amide bonds. The van der Waals surface area contributed by atoms with E-state index in [1.807, 2.05) is 14.2 Å². The zero-order valence-electron chi connectivity index (χ0n) is 15.0. The highest BCUT2D eigenvalue weighted by atomic mass is 28.4. The van der Waals surface area contributed by atoms with E-state index in [9.17, 15) is 0 Å². The van der Waals surface area contributed by atoms with Crippen LogP contribution in [0, 0.1) is 17.8 Å². The maximum atomic E-state index is 6.25. The molecule has 1 rings (SSSR count). The third-order valence-electron chi connectivity index (χ3n) is 6.24.